The van der Waals surface area contributed by atoms with Gasteiger partial charge in [-0.1, -0.05) is 24.3 Å². The Morgan fingerprint density at radius 1 is 0.590 bits per heavy atom. The van der Waals surface area contributed by atoms with Crippen LogP contribution in [0.2, 0.25) is 0 Å². The summed E-state index contributed by atoms with van der Waals surface area (Å²) >= 11 is 0. The van der Waals surface area contributed by atoms with Crippen molar-refractivity contribution in [1.82, 2.24) is 0 Å². The molecule has 0 radical (unpaired) electrons. The first-order chi connectivity index (χ1) is 18.7. The Labute approximate surface area is 226 Å². The van der Waals surface area contributed by atoms with E-state index in [-0.39, 0.29) is 23.1 Å². The third-order valence-electron chi connectivity index (χ3n) is 6.04. The maximum atomic E-state index is 12.5. The standard InChI is InChI=1S/C30H29N2O6P/c31-25-11-7-23(8-12-25)29(33)19-5-21-1-15-27(16-2-21)37-39(35,36)38-28-17-3-22(4-18-28)6-20-30(34)24-9-13-26(32)14-10-24/h1-4,7-18H,5-6,19-20,31-32H2,(H,35,36). The van der Waals surface area contributed by atoms with Gasteiger partial charge >= 0.3 is 7.82 Å². The smallest absolute Gasteiger partial charge is 0.399 e. The predicted molar refractivity (Wildman–Crippen MR) is 151 cm³/mol. The lowest BCUT2D eigenvalue weighted by Crippen LogP contribution is -2.02. The Morgan fingerprint density at radius 2 is 0.923 bits per heavy atom. The van der Waals surface area contributed by atoms with Crippen molar-refractivity contribution in [2.45, 2.75) is 25.7 Å². The zero-order valence-corrected chi connectivity index (χ0v) is 22.1. The van der Waals surface area contributed by atoms with Crippen LogP contribution >= 0.6 is 7.82 Å². The zero-order chi connectivity index (χ0) is 27.8. The summed E-state index contributed by atoms with van der Waals surface area (Å²) < 4.78 is 22.9. The molecule has 0 unspecified atom stereocenters. The van der Waals surface area contributed by atoms with E-state index >= 15 is 0 Å². The molecule has 4 aromatic rings. The number of nitrogen functional groups attached to an aromatic ring is 2. The maximum Gasteiger partial charge on any atom is 0.584 e. The second kappa shape index (κ2) is 12.4. The first-order valence-corrected chi connectivity index (χ1v) is 13.8. The minimum atomic E-state index is -4.45. The van der Waals surface area contributed by atoms with E-state index in [0.29, 0.717) is 48.2 Å². The number of hydrogen-bond donors (Lipinski definition) is 3. The van der Waals surface area contributed by atoms with Crippen LogP contribution in [0.5, 0.6) is 11.5 Å². The monoisotopic (exact) mass is 544 g/mol. The molecule has 0 atom stereocenters. The summed E-state index contributed by atoms with van der Waals surface area (Å²) in [5.41, 5.74) is 15.5. The number of anilines is 2. The molecule has 5 N–H and O–H groups in total. The number of carbonyl (C=O) groups is 2. The number of carbonyl (C=O) groups excluding carboxylic acids is 2. The van der Waals surface area contributed by atoms with Gasteiger partial charge in [0.1, 0.15) is 11.5 Å². The van der Waals surface area contributed by atoms with E-state index in [0.717, 1.165) is 11.1 Å². The van der Waals surface area contributed by atoms with Gasteiger partial charge in [0.2, 0.25) is 0 Å². The van der Waals surface area contributed by atoms with Gasteiger partial charge < -0.3 is 20.5 Å². The van der Waals surface area contributed by atoms with Crippen molar-refractivity contribution >= 4 is 30.8 Å². The lowest BCUT2D eigenvalue weighted by Gasteiger charge is -2.14. The van der Waals surface area contributed by atoms with Gasteiger partial charge in [0.05, 0.1) is 0 Å². The summed E-state index contributed by atoms with van der Waals surface area (Å²) in [5, 5.41) is 0. The molecular formula is C30H29N2O6P. The summed E-state index contributed by atoms with van der Waals surface area (Å²) in [4.78, 5) is 34.9. The minimum Gasteiger partial charge on any atom is -0.399 e. The van der Waals surface area contributed by atoms with Gasteiger partial charge in [0.15, 0.2) is 11.6 Å². The molecule has 4 rings (SSSR count). The van der Waals surface area contributed by atoms with E-state index in [2.05, 4.69) is 0 Å². The number of aryl methyl sites for hydroxylation is 2. The van der Waals surface area contributed by atoms with Crippen molar-refractivity contribution in [3.8, 4) is 11.5 Å². The summed E-state index contributed by atoms with van der Waals surface area (Å²) in [5.74, 6) is 0.325. The molecule has 4 aromatic carbocycles. The normalized spacial score (nSPS) is 11.1. The van der Waals surface area contributed by atoms with E-state index in [1.54, 1.807) is 97.1 Å². The Kier molecular flexibility index (Phi) is 8.81. The van der Waals surface area contributed by atoms with Crippen LogP contribution in [-0.2, 0) is 17.4 Å². The van der Waals surface area contributed by atoms with Crippen molar-refractivity contribution in [3.63, 3.8) is 0 Å². The average molecular weight is 545 g/mol. The molecule has 0 aliphatic rings. The zero-order valence-electron chi connectivity index (χ0n) is 21.2. The molecule has 0 spiro atoms. The molecule has 200 valence electrons. The Balaban J connectivity index is 1.25. The van der Waals surface area contributed by atoms with Gasteiger partial charge in [-0.05, 0) is 96.8 Å². The third kappa shape index (κ3) is 8.30. The highest BCUT2D eigenvalue weighted by Crippen LogP contribution is 2.44. The quantitative estimate of drug-likeness (QED) is 0.111. The van der Waals surface area contributed by atoms with Crippen molar-refractivity contribution in [2.24, 2.45) is 0 Å². The van der Waals surface area contributed by atoms with Crippen molar-refractivity contribution in [2.75, 3.05) is 11.5 Å². The first-order valence-electron chi connectivity index (χ1n) is 12.3. The molecule has 0 saturated heterocycles. The number of nitrogens with two attached hydrogens (primary N) is 2. The molecule has 0 aliphatic carbocycles. The highest BCUT2D eigenvalue weighted by atomic mass is 31.2. The molecular weight excluding hydrogens is 515 g/mol. The lowest BCUT2D eigenvalue weighted by molar-refractivity contribution is 0.0975. The van der Waals surface area contributed by atoms with Gasteiger partial charge in [0.25, 0.3) is 0 Å². The van der Waals surface area contributed by atoms with Gasteiger partial charge in [0, 0.05) is 35.3 Å². The van der Waals surface area contributed by atoms with Crippen LogP contribution in [0.4, 0.5) is 11.4 Å². The van der Waals surface area contributed by atoms with E-state index in [1.807, 2.05) is 0 Å². The number of phosphoric acid groups is 1. The number of phosphoric ester groups is 1. The average Bonchev–Trinajstić information content (AvgIpc) is 2.92. The largest absolute Gasteiger partial charge is 0.584 e. The third-order valence-corrected chi connectivity index (χ3v) is 6.92. The van der Waals surface area contributed by atoms with Crippen LogP contribution in [-0.4, -0.2) is 16.5 Å². The number of rotatable bonds is 12. The molecule has 0 aromatic heterocycles. The molecule has 0 bridgehead atoms. The van der Waals surface area contributed by atoms with Crippen LogP contribution in [0.15, 0.2) is 97.1 Å². The number of ketones is 2. The van der Waals surface area contributed by atoms with E-state index in [1.165, 1.54) is 0 Å². The van der Waals surface area contributed by atoms with E-state index in [9.17, 15) is 19.0 Å². The summed E-state index contributed by atoms with van der Waals surface area (Å²) in [6.45, 7) is 0. The molecule has 0 amide bonds. The number of hydrogen-bond acceptors (Lipinski definition) is 7. The van der Waals surface area contributed by atoms with E-state index < -0.39 is 7.82 Å². The SMILES string of the molecule is Nc1ccc(C(=O)CCc2ccc(OP(=O)(O)Oc3ccc(CCC(=O)c4ccc(N)cc4)cc3)cc2)cc1. The first kappa shape index (κ1) is 27.6. The van der Waals surface area contributed by atoms with Gasteiger partial charge in [-0.3, -0.25) is 14.5 Å². The number of benzene rings is 4. The summed E-state index contributed by atoms with van der Waals surface area (Å²) in [6, 6.07) is 26.7. The van der Waals surface area contributed by atoms with Crippen LogP contribution in [0.1, 0.15) is 44.7 Å². The Bertz CT molecular complexity index is 1360. The van der Waals surface area contributed by atoms with Crippen LogP contribution in [0, 0.1) is 0 Å². The highest BCUT2D eigenvalue weighted by molar-refractivity contribution is 7.48. The van der Waals surface area contributed by atoms with Crippen molar-refractivity contribution in [3.05, 3.63) is 119 Å². The topological polar surface area (TPSA) is 142 Å². The molecule has 39 heavy (non-hydrogen) atoms. The number of Topliss-reactive ketones (excluding diaryl/α,β-unsaturated/α-hetero) is 2. The second-order valence-corrected chi connectivity index (χ2v) is 10.3. The van der Waals surface area contributed by atoms with Crippen molar-refractivity contribution < 1.29 is 28.1 Å². The van der Waals surface area contributed by atoms with Gasteiger partial charge in [-0.15, -0.1) is 0 Å². The fourth-order valence-electron chi connectivity index (χ4n) is 3.86. The molecule has 8 nitrogen and oxygen atoms in total. The lowest BCUT2D eigenvalue weighted by atomic mass is 10.0. The summed E-state index contributed by atoms with van der Waals surface area (Å²) in [7, 11) is -4.45. The van der Waals surface area contributed by atoms with Crippen LogP contribution in [0.25, 0.3) is 0 Å². The van der Waals surface area contributed by atoms with Crippen molar-refractivity contribution in [1.29, 1.82) is 0 Å². The second-order valence-electron chi connectivity index (χ2n) is 9.03. The Morgan fingerprint density at radius 3 is 1.26 bits per heavy atom. The van der Waals surface area contributed by atoms with Gasteiger partial charge in [-0.2, -0.15) is 0 Å². The van der Waals surface area contributed by atoms with Crippen LogP contribution in [0.3, 0.4) is 0 Å². The van der Waals surface area contributed by atoms with E-state index in [4.69, 9.17) is 20.5 Å². The Hall–Kier alpha value is -4.39. The molecule has 9 heteroatoms. The molecule has 0 aliphatic heterocycles. The predicted octanol–water partition coefficient (Wildman–Crippen LogP) is 6.04. The minimum absolute atomic E-state index is 0.00279. The summed E-state index contributed by atoms with van der Waals surface area (Å²) in [6.07, 6.45) is 1.65. The molecule has 0 heterocycles. The fourth-order valence-corrected chi connectivity index (χ4v) is 4.67. The fraction of sp³-hybridized carbons (Fsp3) is 0.133. The molecule has 0 fully saturated rings. The maximum absolute atomic E-state index is 12.5. The molecule has 0 saturated carbocycles. The van der Waals surface area contributed by atoms with Gasteiger partial charge in [-0.25, -0.2) is 4.57 Å². The highest BCUT2D eigenvalue weighted by Gasteiger charge is 2.25. The van der Waals surface area contributed by atoms with Crippen LogP contribution < -0.4 is 20.5 Å².